The summed E-state index contributed by atoms with van der Waals surface area (Å²) in [6, 6.07) is -0.897. The van der Waals surface area contributed by atoms with E-state index >= 15 is 0 Å². The quantitative estimate of drug-likeness (QED) is 0.621. The lowest BCUT2D eigenvalue weighted by atomic mass is 10.0. The average Bonchev–Trinajstić information content (AvgIpc) is 2.36. The number of methoxy groups -OCH3 is 3. The van der Waals surface area contributed by atoms with Gasteiger partial charge in [0, 0.05) is 7.11 Å². The summed E-state index contributed by atoms with van der Waals surface area (Å²) in [7, 11) is 3.83. The fourth-order valence-electron chi connectivity index (χ4n) is 1.37. The molecule has 7 heteroatoms. The van der Waals surface area contributed by atoms with Crippen LogP contribution >= 0.6 is 0 Å². The Balaban J connectivity index is 4.54. The minimum Gasteiger partial charge on any atom is -0.469 e. The number of ether oxygens (including phenoxy) is 3. The number of amides is 1. The lowest BCUT2D eigenvalue weighted by Gasteiger charge is -2.18. The van der Waals surface area contributed by atoms with Gasteiger partial charge < -0.3 is 19.5 Å². The van der Waals surface area contributed by atoms with Crippen LogP contribution in [0.5, 0.6) is 0 Å². The Bertz CT molecular complexity index is 304. The number of carbonyl (C=O) groups is 3. The van der Waals surface area contributed by atoms with Crippen LogP contribution in [0.25, 0.3) is 0 Å². The molecule has 104 valence electrons. The monoisotopic (exact) mass is 261 g/mol. The van der Waals surface area contributed by atoms with Crippen molar-refractivity contribution >= 4 is 17.8 Å². The summed E-state index contributed by atoms with van der Waals surface area (Å²) in [5, 5.41) is 2.43. The van der Waals surface area contributed by atoms with E-state index < -0.39 is 29.8 Å². The Morgan fingerprint density at radius 3 is 2.06 bits per heavy atom. The highest BCUT2D eigenvalue weighted by Crippen LogP contribution is 2.09. The number of rotatable bonds is 7. The van der Waals surface area contributed by atoms with Crippen LogP contribution in [0.3, 0.4) is 0 Å². The fraction of sp³-hybridized carbons (Fsp3) is 0.727. The van der Waals surface area contributed by atoms with Gasteiger partial charge in [-0.05, 0) is 6.42 Å². The van der Waals surface area contributed by atoms with Crippen molar-refractivity contribution in [2.24, 2.45) is 5.92 Å². The molecule has 0 unspecified atom stereocenters. The SMILES string of the molecule is COCC(=O)N[C@H](C[C@@H](C)C(=O)OC)C(=O)OC. The van der Waals surface area contributed by atoms with E-state index in [-0.39, 0.29) is 13.0 Å². The van der Waals surface area contributed by atoms with Gasteiger partial charge in [-0.3, -0.25) is 9.59 Å². The molecule has 0 radical (unpaired) electrons. The summed E-state index contributed by atoms with van der Waals surface area (Å²) in [5.41, 5.74) is 0. The van der Waals surface area contributed by atoms with Gasteiger partial charge in [0.2, 0.25) is 5.91 Å². The molecule has 0 aliphatic carbocycles. The van der Waals surface area contributed by atoms with Crippen molar-refractivity contribution in [2.75, 3.05) is 27.9 Å². The first-order valence-electron chi connectivity index (χ1n) is 5.40. The molecule has 0 heterocycles. The molecule has 0 rings (SSSR count). The summed E-state index contributed by atoms with van der Waals surface area (Å²) >= 11 is 0. The van der Waals surface area contributed by atoms with Gasteiger partial charge in [-0.2, -0.15) is 0 Å². The van der Waals surface area contributed by atoms with Gasteiger partial charge in [-0.15, -0.1) is 0 Å². The zero-order valence-corrected chi connectivity index (χ0v) is 11.0. The largest absolute Gasteiger partial charge is 0.469 e. The molecule has 0 aromatic heterocycles. The van der Waals surface area contributed by atoms with E-state index in [0.29, 0.717) is 0 Å². The fourth-order valence-corrected chi connectivity index (χ4v) is 1.37. The molecular weight excluding hydrogens is 242 g/mol. The molecule has 7 nitrogen and oxygen atoms in total. The highest BCUT2D eigenvalue weighted by atomic mass is 16.5. The molecule has 0 aromatic rings. The van der Waals surface area contributed by atoms with Crippen molar-refractivity contribution in [1.29, 1.82) is 0 Å². The molecule has 0 aliphatic rings. The third-order valence-electron chi connectivity index (χ3n) is 2.29. The van der Waals surface area contributed by atoms with E-state index in [1.807, 2.05) is 0 Å². The van der Waals surface area contributed by atoms with Crippen LogP contribution < -0.4 is 5.32 Å². The van der Waals surface area contributed by atoms with Crippen LogP contribution in [0.1, 0.15) is 13.3 Å². The number of hydrogen-bond donors (Lipinski definition) is 1. The summed E-state index contributed by atoms with van der Waals surface area (Å²) in [6.07, 6.45) is 0.106. The molecule has 1 N–H and O–H groups in total. The highest BCUT2D eigenvalue weighted by Gasteiger charge is 2.27. The van der Waals surface area contributed by atoms with Crippen molar-refractivity contribution in [2.45, 2.75) is 19.4 Å². The van der Waals surface area contributed by atoms with Crippen molar-refractivity contribution in [3.8, 4) is 0 Å². The molecule has 0 bridgehead atoms. The van der Waals surface area contributed by atoms with E-state index in [4.69, 9.17) is 0 Å². The molecule has 0 saturated heterocycles. The van der Waals surface area contributed by atoms with E-state index in [1.54, 1.807) is 6.92 Å². The Kier molecular flexibility index (Phi) is 7.69. The molecule has 1 amide bonds. The van der Waals surface area contributed by atoms with Crippen LogP contribution in [0.15, 0.2) is 0 Å². The third kappa shape index (κ3) is 5.62. The van der Waals surface area contributed by atoms with Crippen molar-refractivity contribution in [1.82, 2.24) is 5.32 Å². The van der Waals surface area contributed by atoms with Gasteiger partial charge in [-0.1, -0.05) is 6.92 Å². The van der Waals surface area contributed by atoms with E-state index in [9.17, 15) is 14.4 Å². The topological polar surface area (TPSA) is 90.9 Å². The van der Waals surface area contributed by atoms with Gasteiger partial charge in [-0.25, -0.2) is 4.79 Å². The zero-order chi connectivity index (χ0) is 14.1. The normalized spacial score (nSPS) is 13.3. The third-order valence-corrected chi connectivity index (χ3v) is 2.29. The maximum atomic E-state index is 11.5. The van der Waals surface area contributed by atoms with Gasteiger partial charge in [0.25, 0.3) is 0 Å². The zero-order valence-electron chi connectivity index (χ0n) is 11.0. The lowest BCUT2D eigenvalue weighted by molar-refractivity contribution is -0.149. The van der Waals surface area contributed by atoms with Gasteiger partial charge in [0.05, 0.1) is 20.1 Å². The standard InChI is InChI=1S/C11H19NO6/c1-7(10(14)17-3)5-8(11(15)18-4)12-9(13)6-16-2/h7-8H,5-6H2,1-4H3,(H,12,13)/t7-,8-/m1/s1. The van der Waals surface area contributed by atoms with E-state index in [0.717, 1.165) is 0 Å². The molecular formula is C11H19NO6. The van der Waals surface area contributed by atoms with Crippen LogP contribution in [0.2, 0.25) is 0 Å². The van der Waals surface area contributed by atoms with Crippen LogP contribution in [-0.4, -0.2) is 51.8 Å². The van der Waals surface area contributed by atoms with Crippen LogP contribution in [0, 0.1) is 5.92 Å². The summed E-state index contributed by atoms with van der Waals surface area (Å²) in [4.78, 5) is 34.1. The average molecular weight is 261 g/mol. The second-order valence-corrected chi connectivity index (χ2v) is 3.74. The van der Waals surface area contributed by atoms with Crippen LogP contribution in [-0.2, 0) is 28.6 Å². The molecule has 0 aromatic carbocycles. The van der Waals surface area contributed by atoms with Crippen molar-refractivity contribution in [3.05, 3.63) is 0 Å². The first-order valence-corrected chi connectivity index (χ1v) is 5.40. The smallest absolute Gasteiger partial charge is 0.328 e. The molecule has 0 aliphatic heterocycles. The predicted octanol–water partition coefficient (Wildman–Crippen LogP) is -0.510. The molecule has 18 heavy (non-hydrogen) atoms. The highest BCUT2D eigenvalue weighted by molar-refractivity contribution is 5.85. The van der Waals surface area contributed by atoms with Crippen molar-refractivity contribution in [3.63, 3.8) is 0 Å². The number of hydrogen-bond acceptors (Lipinski definition) is 6. The Morgan fingerprint density at radius 1 is 1.06 bits per heavy atom. The number of esters is 2. The minimum atomic E-state index is -0.897. The van der Waals surface area contributed by atoms with Gasteiger partial charge in [0.15, 0.2) is 0 Å². The van der Waals surface area contributed by atoms with Gasteiger partial charge >= 0.3 is 11.9 Å². The predicted molar refractivity (Wildman–Crippen MR) is 61.6 cm³/mol. The van der Waals surface area contributed by atoms with Crippen molar-refractivity contribution < 1.29 is 28.6 Å². The lowest BCUT2D eigenvalue weighted by Crippen LogP contribution is -2.44. The summed E-state index contributed by atoms with van der Waals surface area (Å²) < 4.78 is 13.7. The van der Waals surface area contributed by atoms with E-state index in [2.05, 4.69) is 19.5 Å². The maximum absolute atomic E-state index is 11.5. The molecule has 2 atom stereocenters. The van der Waals surface area contributed by atoms with E-state index in [1.165, 1.54) is 21.3 Å². The summed E-state index contributed by atoms with van der Waals surface area (Å²) in [5.74, 6) is -2.05. The first-order chi connectivity index (χ1) is 8.46. The van der Waals surface area contributed by atoms with Gasteiger partial charge in [0.1, 0.15) is 12.6 Å². The number of carbonyl (C=O) groups excluding carboxylic acids is 3. The Labute approximate surface area is 106 Å². The molecule has 0 spiro atoms. The summed E-state index contributed by atoms with van der Waals surface area (Å²) in [6.45, 7) is 1.43. The maximum Gasteiger partial charge on any atom is 0.328 e. The Hall–Kier alpha value is -1.63. The molecule has 0 saturated carbocycles. The second-order valence-electron chi connectivity index (χ2n) is 3.74. The Morgan fingerprint density at radius 2 is 1.61 bits per heavy atom. The number of nitrogens with one attached hydrogen (secondary N) is 1. The second kappa shape index (κ2) is 8.46. The minimum absolute atomic E-state index is 0.106. The van der Waals surface area contributed by atoms with Crippen LogP contribution in [0.4, 0.5) is 0 Å². The molecule has 0 fully saturated rings. The first kappa shape index (κ1) is 16.4.